The molecule has 1 unspecified atom stereocenters. The molecule has 0 spiro atoms. The Morgan fingerprint density at radius 1 is 1.38 bits per heavy atom. The van der Waals surface area contributed by atoms with Crippen LogP contribution in [0.4, 0.5) is 13.2 Å². The summed E-state index contributed by atoms with van der Waals surface area (Å²) in [5.41, 5.74) is 1.25. The number of rotatable bonds is 5. The second kappa shape index (κ2) is 6.44. The number of carbonyl (C=O) groups is 1. The lowest BCUT2D eigenvalue weighted by molar-refractivity contribution is -0.214. The molecule has 0 aromatic heterocycles. The van der Waals surface area contributed by atoms with Gasteiger partial charge in [-0.15, -0.1) is 0 Å². The first-order valence-electron chi connectivity index (χ1n) is 5.74. The molecule has 5 nitrogen and oxygen atoms in total. The van der Waals surface area contributed by atoms with Gasteiger partial charge in [0.1, 0.15) is 5.75 Å². The van der Waals surface area contributed by atoms with E-state index in [4.69, 9.17) is 4.55 Å². The highest BCUT2D eigenvalue weighted by Crippen LogP contribution is 2.24. The molecule has 0 aliphatic carbocycles. The summed E-state index contributed by atoms with van der Waals surface area (Å²) in [5, 5.41) is 0. The summed E-state index contributed by atoms with van der Waals surface area (Å²) in [4.78, 5) is 11.5. The Bertz CT molecular complexity index is 610. The zero-order valence-electron chi connectivity index (χ0n) is 10.9. The van der Waals surface area contributed by atoms with Crippen molar-refractivity contribution in [2.45, 2.75) is 25.6 Å². The molecule has 0 heterocycles. The van der Waals surface area contributed by atoms with Crippen LogP contribution in [-0.2, 0) is 26.1 Å². The minimum absolute atomic E-state index is 0.431. The van der Waals surface area contributed by atoms with Crippen molar-refractivity contribution in [1.82, 2.24) is 0 Å². The summed E-state index contributed by atoms with van der Waals surface area (Å²) < 4.78 is 71.4. The number of hydrogen-bond acceptors (Lipinski definition) is 4. The monoisotopic (exact) mass is 326 g/mol. The molecule has 118 valence electrons. The van der Waals surface area contributed by atoms with Crippen molar-refractivity contribution in [3.05, 3.63) is 35.4 Å². The van der Waals surface area contributed by atoms with Gasteiger partial charge >= 0.3 is 12.1 Å². The van der Waals surface area contributed by atoms with Gasteiger partial charge in [-0.25, -0.2) is 0 Å². The first-order chi connectivity index (χ1) is 9.47. The Kier molecular flexibility index (Phi) is 5.35. The summed E-state index contributed by atoms with van der Waals surface area (Å²) in [7, 11) is -4.93. The van der Waals surface area contributed by atoms with E-state index in [9.17, 15) is 26.4 Å². The fraction of sp³-hybridized carbons (Fsp3) is 0.417. The van der Waals surface area contributed by atoms with Crippen LogP contribution >= 0.6 is 0 Å². The van der Waals surface area contributed by atoms with Crippen LogP contribution in [-0.4, -0.2) is 37.0 Å². The van der Waals surface area contributed by atoms with E-state index in [0.717, 1.165) is 5.56 Å². The van der Waals surface area contributed by atoms with E-state index in [1.165, 1.54) is 6.07 Å². The highest BCUT2D eigenvalue weighted by atomic mass is 32.2. The highest BCUT2D eigenvalue weighted by Gasteiger charge is 2.45. The van der Waals surface area contributed by atoms with Crippen LogP contribution in [0.15, 0.2) is 24.3 Å². The molecular weight excluding hydrogens is 313 g/mol. The van der Waals surface area contributed by atoms with Crippen LogP contribution in [0.5, 0.6) is 0 Å². The second-order valence-electron chi connectivity index (χ2n) is 4.43. The summed E-state index contributed by atoms with van der Waals surface area (Å²) >= 11 is 0. The molecule has 0 radical (unpaired) electrons. The Morgan fingerprint density at radius 2 is 2.00 bits per heavy atom. The van der Waals surface area contributed by atoms with Crippen molar-refractivity contribution in [2.24, 2.45) is 0 Å². The fourth-order valence-electron chi connectivity index (χ4n) is 1.58. The zero-order chi connectivity index (χ0) is 16.3. The molecule has 9 heteroatoms. The molecule has 0 saturated heterocycles. The minimum Gasteiger partial charge on any atom is -0.451 e. The number of ether oxygens (including phenoxy) is 1. The molecule has 1 rings (SSSR count). The normalized spacial score (nSPS) is 13.8. The Morgan fingerprint density at radius 3 is 2.48 bits per heavy atom. The topological polar surface area (TPSA) is 80.7 Å². The van der Waals surface area contributed by atoms with Crippen molar-refractivity contribution < 1.29 is 35.7 Å². The van der Waals surface area contributed by atoms with Gasteiger partial charge < -0.3 is 4.74 Å². The van der Waals surface area contributed by atoms with Crippen molar-refractivity contribution in [3.63, 3.8) is 0 Å². The van der Waals surface area contributed by atoms with Crippen molar-refractivity contribution >= 4 is 16.1 Å². The van der Waals surface area contributed by atoms with Crippen LogP contribution in [0.1, 0.15) is 11.1 Å². The molecule has 0 bridgehead atoms. The number of alkyl halides is 3. The molecule has 0 saturated carbocycles. The SMILES string of the molecule is Cc1cccc(CC(=O)OC(CS(=O)(=O)O)C(F)(F)F)c1. The molecular formula is C12H13F3O5S. The quantitative estimate of drug-likeness (QED) is 0.660. The minimum atomic E-state index is -5.09. The molecule has 1 aromatic carbocycles. The van der Waals surface area contributed by atoms with Crippen molar-refractivity contribution in [3.8, 4) is 0 Å². The maximum absolute atomic E-state index is 12.6. The van der Waals surface area contributed by atoms with E-state index in [1.807, 2.05) is 0 Å². The van der Waals surface area contributed by atoms with Gasteiger partial charge in [0.05, 0.1) is 6.42 Å². The maximum atomic E-state index is 12.6. The van der Waals surface area contributed by atoms with Gasteiger partial charge in [0.25, 0.3) is 10.1 Å². The number of aryl methyl sites for hydroxylation is 1. The van der Waals surface area contributed by atoms with Crippen LogP contribution in [0.25, 0.3) is 0 Å². The largest absolute Gasteiger partial charge is 0.451 e. The Hall–Kier alpha value is -1.61. The molecule has 0 aliphatic rings. The van der Waals surface area contributed by atoms with Gasteiger partial charge in [0.15, 0.2) is 0 Å². The first kappa shape index (κ1) is 17.4. The summed E-state index contributed by atoms with van der Waals surface area (Å²) in [6.07, 6.45) is -8.41. The average Bonchev–Trinajstić information content (AvgIpc) is 2.24. The highest BCUT2D eigenvalue weighted by molar-refractivity contribution is 7.85. The van der Waals surface area contributed by atoms with E-state index in [1.54, 1.807) is 25.1 Å². The van der Waals surface area contributed by atoms with Crippen LogP contribution in [0.2, 0.25) is 0 Å². The van der Waals surface area contributed by atoms with Crippen LogP contribution in [0, 0.1) is 6.92 Å². The first-order valence-corrected chi connectivity index (χ1v) is 7.35. The van der Waals surface area contributed by atoms with Crippen molar-refractivity contribution in [2.75, 3.05) is 5.75 Å². The van der Waals surface area contributed by atoms with E-state index in [-0.39, 0.29) is 0 Å². The number of halogens is 3. The molecule has 0 aliphatic heterocycles. The maximum Gasteiger partial charge on any atom is 0.426 e. The van der Waals surface area contributed by atoms with E-state index in [0.29, 0.717) is 5.56 Å². The lowest BCUT2D eigenvalue weighted by Crippen LogP contribution is -2.39. The zero-order valence-corrected chi connectivity index (χ0v) is 11.7. The van der Waals surface area contributed by atoms with Crippen LogP contribution < -0.4 is 0 Å². The second-order valence-corrected chi connectivity index (χ2v) is 5.93. The van der Waals surface area contributed by atoms with Gasteiger partial charge in [0, 0.05) is 0 Å². The molecule has 1 atom stereocenters. The number of benzene rings is 1. The average molecular weight is 326 g/mol. The number of esters is 1. The predicted molar refractivity (Wildman–Crippen MR) is 67.2 cm³/mol. The van der Waals surface area contributed by atoms with Gasteiger partial charge in [-0.3, -0.25) is 9.35 Å². The predicted octanol–water partition coefficient (Wildman–Crippen LogP) is 1.90. The molecule has 1 aromatic rings. The molecule has 0 amide bonds. The summed E-state index contributed by atoms with van der Waals surface area (Å²) in [6.45, 7) is 1.74. The van der Waals surface area contributed by atoms with Crippen LogP contribution in [0.3, 0.4) is 0 Å². The van der Waals surface area contributed by atoms with E-state index < -0.39 is 40.5 Å². The van der Waals surface area contributed by atoms with E-state index in [2.05, 4.69) is 4.74 Å². The molecule has 21 heavy (non-hydrogen) atoms. The van der Waals surface area contributed by atoms with E-state index >= 15 is 0 Å². The van der Waals surface area contributed by atoms with Gasteiger partial charge in [-0.1, -0.05) is 29.8 Å². The number of carbonyl (C=O) groups excluding carboxylic acids is 1. The number of hydrogen-bond donors (Lipinski definition) is 1. The third-order valence-corrected chi connectivity index (χ3v) is 3.16. The Balaban J connectivity index is 2.77. The lowest BCUT2D eigenvalue weighted by Gasteiger charge is -2.19. The third kappa shape index (κ3) is 6.58. The standard InChI is InChI=1S/C12H13F3O5S/c1-8-3-2-4-9(5-8)6-11(16)20-10(12(13,14)15)7-21(17,18)19/h2-5,10H,6-7H2,1H3,(H,17,18,19). The fourth-order valence-corrected chi connectivity index (χ4v) is 2.22. The van der Waals surface area contributed by atoms with Gasteiger partial charge in [0.2, 0.25) is 6.10 Å². The van der Waals surface area contributed by atoms with Crippen molar-refractivity contribution in [1.29, 1.82) is 0 Å². The third-order valence-electron chi connectivity index (χ3n) is 2.43. The lowest BCUT2D eigenvalue weighted by atomic mass is 10.1. The molecule has 0 fully saturated rings. The van der Waals surface area contributed by atoms with Gasteiger partial charge in [-0.05, 0) is 12.5 Å². The molecule has 1 N–H and O–H groups in total. The summed E-state index contributed by atoms with van der Waals surface area (Å²) in [6, 6.07) is 6.48. The van der Waals surface area contributed by atoms with Gasteiger partial charge in [-0.2, -0.15) is 21.6 Å². The summed E-state index contributed by atoms with van der Waals surface area (Å²) in [5.74, 6) is -2.96. The Labute approximate surface area is 119 Å². The smallest absolute Gasteiger partial charge is 0.426 e.